The van der Waals surface area contributed by atoms with Crippen LogP contribution in [-0.4, -0.2) is 44.2 Å². The Balaban J connectivity index is 1.86. The first-order valence-corrected chi connectivity index (χ1v) is 11.5. The van der Waals surface area contributed by atoms with Crippen LogP contribution in [0.5, 0.6) is 0 Å². The van der Waals surface area contributed by atoms with E-state index in [1.54, 1.807) is 0 Å². The number of carbonyl (C=O) groups is 1. The molecule has 0 saturated heterocycles. The quantitative estimate of drug-likeness (QED) is 0.255. The molecule has 0 aromatic heterocycles. The molecule has 2 fully saturated rings. The summed E-state index contributed by atoms with van der Waals surface area (Å²) in [6, 6.07) is 0. The van der Waals surface area contributed by atoms with Gasteiger partial charge in [0.15, 0.2) is 0 Å². The zero-order valence-corrected chi connectivity index (χ0v) is 17.9. The first kappa shape index (κ1) is 24.1. The van der Waals surface area contributed by atoms with Gasteiger partial charge in [-0.15, -0.1) is 0 Å². The molecular weight excluding hydrogens is 368 g/mol. The number of hydrogen-bond donors (Lipinski definition) is 4. The fourth-order valence-corrected chi connectivity index (χ4v) is 4.65. The molecule has 2 aliphatic carbocycles. The minimum absolute atomic E-state index is 0.0360. The molecule has 4 N–H and O–H groups in total. The second-order valence-corrected chi connectivity index (χ2v) is 9.07. The van der Waals surface area contributed by atoms with Gasteiger partial charge in [0, 0.05) is 18.8 Å². The smallest absolute Gasteiger partial charge is 0.303 e. The van der Waals surface area contributed by atoms with Gasteiger partial charge < -0.3 is 20.4 Å². The maximum Gasteiger partial charge on any atom is 0.303 e. The van der Waals surface area contributed by atoms with Crippen LogP contribution < -0.4 is 0 Å². The summed E-state index contributed by atoms with van der Waals surface area (Å²) in [5.41, 5.74) is -0.618. The molecular formula is C24H40O5. The molecule has 166 valence electrons. The summed E-state index contributed by atoms with van der Waals surface area (Å²) in [7, 11) is 0. The maximum absolute atomic E-state index is 11.1. The van der Waals surface area contributed by atoms with E-state index in [-0.39, 0.29) is 18.3 Å². The lowest BCUT2D eigenvalue weighted by Crippen LogP contribution is -2.30. The van der Waals surface area contributed by atoms with E-state index in [4.69, 9.17) is 5.11 Å². The summed E-state index contributed by atoms with van der Waals surface area (Å²) >= 11 is 0. The van der Waals surface area contributed by atoms with E-state index < -0.39 is 23.8 Å². The van der Waals surface area contributed by atoms with Crippen molar-refractivity contribution in [2.24, 2.45) is 17.8 Å². The van der Waals surface area contributed by atoms with E-state index in [0.717, 1.165) is 38.5 Å². The van der Waals surface area contributed by atoms with E-state index in [1.807, 2.05) is 24.3 Å². The molecule has 0 heterocycles. The number of aliphatic hydroxyl groups is 3. The van der Waals surface area contributed by atoms with Gasteiger partial charge in [-0.1, -0.05) is 50.5 Å². The van der Waals surface area contributed by atoms with Gasteiger partial charge in [-0.2, -0.15) is 0 Å². The van der Waals surface area contributed by atoms with Gasteiger partial charge in [0.2, 0.25) is 0 Å². The molecule has 0 aromatic carbocycles. The van der Waals surface area contributed by atoms with Crippen LogP contribution >= 0.6 is 0 Å². The number of hydrogen-bond acceptors (Lipinski definition) is 4. The van der Waals surface area contributed by atoms with Crippen molar-refractivity contribution in [1.29, 1.82) is 0 Å². The number of unbranched alkanes of at least 4 members (excludes halogenated alkanes) is 3. The zero-order chi connectivity index (χ0) is 21.3. The third-order valence-electron chi connectivity index (χ3n) is 6.63. The molecule has 0 bridgehead atoms. The summed E-state index contributed by atoms with van der Waals surface area (Å²) < 4.78 is 0. The third kappa shape index (κ3) is 7.88. The van der Waals surface area contributed by atoms with Crippen molar-refractivity contribution in [3.05, 3.63) is 24.3 Å². The minimum atomic E-state index is -0.779. The van der Waals surface area contributed by atoms with Gasteiger partial charge in [-0.25, -0.2) is 0 Å². The Bertz CT molecular complexity index is 553. The van der Waals surface area contributed by atoms with Gasteiger partial charge in [0.25, 0.3) is 0 Å². The van der Waals surface area contributed by atoms with Gasteiger partial charge >= 0.3 is 5.97 Å². The van der Waals surface area contributed by atoms with Gasteiger partial charge in [0.1, 0.15) is 0 Å². The van der Waals surface area contributed by atoms with Crippen molar-refractivity contribution < 1.29 is 25.2 Å². The average molecular weight is 409 g/mol. The average Bonchev–Trinajstić information content (AvgIpc) is 3.47. The van der Waals surface area contributed by atoms with Crippen molar-refractivity contribution in [3.63, 3.8) is 0 Å². The molecule has 0 aromatic rings. The highest BCUT2D eigenvalue weighted by Crippen LogP contribution is 2.45. The summed E-state index contributed by atoms with van der Waals surface area (Å²) in [5.74, 6) is -0.509. The fourth-order valence-electron chi connectivity index (χ4n) is 4.65. The Morgan fingerprint density at radius 1 is 1.07 bits per heavy atom. The predicted molar refractivity (Wildman–Crippen MR) is 114 cm³/mol. The number of aliphatic hydroxyl groups excluding tert-OH is 2. The predicted octanol–water partition coefficient (Wildman–Crippen LogP) is 4.21. The molecule has 2 saturated carbocycles. The Hall–Kier alpha value is -1.17. The van der Waals surface area contributed by atoms with E-state index in [0.29, 0.717) is 38.0 Å². The van der Waals surface area contributed by atoms with Crippen LogP contribution in [0, 0.1) is 17.8 Å². The Labute approximate surface area is 175 Å². The zero-order valence-electron chi connectivity index (χ0n) is 17.9. The normalized spacial score (nSPS) is 29.7. The van der Waals surface area contributed by atoms with Crippen molar-refractivity contribution in [2.75, 3.05) is 0 Å². The van der Waals surface area contributed by atoms with E-state index in [2.05, 4.69) is 6.92 Å². The highest BCUT2D eigenvalue weighted by molar-refractivity contribution is 5.66. The topological polar surface area (TPSA) is 98.0 Å². The van der Waals surface area contributed by atoms with Crippen LogP contribution in [0.15, 0.2) is 24.3 Å². The summed E-state index contributed by atoms with van der Waals surface area (Å²) in [5, 5.41) is 40.5. The first-order chi connectivity index (χ1) is 13.9. The number of carboxylic acid groups (broad SMARTS) is 1. The van der Waals surface area contributed by atoms with Crippen molar-refractivity contribution >= 4 is 5.97 Å². The summed E-state index contributed by atoms with van der Waals surface area (Å²) in [6.07, 6.45) is 16.5. The van der Waals surface area contributed by atoms with Crippen LogP contribution in [0.1, 0.15) is 84.0 Å². The molecule has 2 aliphatic rings. The van der Waals surface area contributed by atoms with E-state index >= 15 is 0 Å². The Morgan fingerprint density at radius 2 is 1.83 bits per heavy atom. The first-order valence-electron chi connectivity index (χ1n) is 11.5. The molecule has 2 rings (SSSR count). The van der Waals surface area contributed by atoms with Crippen LogP contribution in [0.25, 0.3) is 0 Å². The van der Waals surface area contributed by atoms with Crippen LogP contribution in [0.4, 0.5) is 0 Å². The molecule has 0 amide bonds. The van der Waals surface area contributed by atoms with E-state index in [9.17, 15) is 20.1 Å². The molecule has 0 radical (unpaired) electrons. The number of rotatable bonds is 14. The number of allylic oxidation sites excluding steroid dienone is 2. The monoisotopic (exact) mass is 408 g/mol. The van der Waals surface area contributed by atoms with Crippen molar-refractivity contribution in [3.8, 4) is 0 Å². The Kier molecular flexibility index (Phi) is 9.87. The maximum atomic E-state index is 11.1. The number of aliphatic carboxylic acids is 1. The number of carboxylic acids is 1. The van der Waals surface area contributed by atoms with Crippen LogP contribution in [0.2, 0.25) is 0 Å². The Morgan fingerprint density at radius 3 is 2.48 bits per heavy atom. The summed E-state index contributed by atoms with van der Waals surface area (Å²) in [6.45, 7) is 2.17. The molecule has 0 aliphatic heterocycles. The van der Waals surface area contributed by atoms with Crippen LogP contribution in [-0.2, 0) is 4.79 Å². The molecule has 5 heteroatoms. The lowest BCUT2D eigenvalue weighted by Gasteiger charge is -2.27. The highest BCUT2D eigenvalue weighted by Gasteiger charge is 2.43. The SMILES string of the molecule is CCCCCC(O)(CC=C[C@@H]1[C@@H](CC=CCCCC(=O)O)[C@@H](O)C[C@H]1O)C1CC1. The van der Waals surface area contributed by atoms with Gasteiger partial charge in [0.05, 0.1) is 17.8 Å². The standard InChI is InChI=1S/C24H40O5/c1-2-3-8-15-24(29,18-13-14-18)16-9-11-20-19(21(25)17-22(20)26)10-6-4-5-7-12-23(27)28/h4,6,9,11,18-22,25-26,29H,2-3,5,7-8,10,12-17H2,1H3,(H,27,28)/t19-,20-,21+,22-,24?/m1/s1. The second-order valence-electron chi connectivity index (χ2n) is 9.07. The van der Waals surface area contributed by atoms with Gasteiger partial charge in [-0.05, 0) is 56.8 Å². The third-order valence-corrected chi connectivity index (χ3v) is 6.63. The van der Waals surface area contributed by atoms with Crippen molar-refractivity contribution in [2.45, 2.75) is 102 Å². The molecule has 5 atom stereocenters. The van der Waals surface area contributed by atoms with Crippen molar-refractivity contribution in [1.82, 2.24) is 0 Å². The minimum Gasteiger partial charge on any atom is -0.481 e. The highest BCUT2D eigenvalue weighted by atomic mass is 16.4. The van der Waals surface area contributed by atoms with E-state index in [1.165, 1.54) is 0 Å². The molecule has 1 unspecified atom stereocenters. The molecule has 29 heavy (non-hydrogen) atoms. The second kappa shape index (κ2) is 11.9. The summed E-state index contributed by atoms with van der Waals surface area (Å²) in [4.78, 5) is 10.5. The lowest BCUT2D eigenvalue weighted by molar-refractivity contribution is -0.137. The lowest BCUT2D eigenvalue weighted by atomic mass is 9.85. The van der Waals surface area contributed by atoms with Crippen LogP contribution in [0.3, 0.4) is 0 Å². The fraction of sp³-hybridized carbons (Fsp3) is 0.792. The largest absolute Gasteiger partial charge is 0.481 e. The molecule has 5 nitrogen and oxygen atoms in total. The van der Waals surface area contributed by atoms with Gasteiger partial charge in [-0.3, -0.25) is 4.79 Å². The molecule has 0 spiro atoms.